The summed E-state index contributed by atoms with van der Waals surface area (Å²) < 4.78 is 10.7. The Morgan fingerprint density at radius 3 is 2.30 bits per heavy atom. The van der Waals surface area contributed by atoms with Crippen LogP contribution in [0.4, 0.5) is 0 Å². The second-order valence-corrected chi connectivity index (χ2v) is 8.21. The number of morpholine rings is 1. The number of quaternary nitrogens is 2. The number of hydrogen-bond donors (Lipinski definition) is 2. The first-order valence-electron chi connectivity index (χ1n) is 11.0. The molecule has 1 amide bonds. The lowest BCUT2D eigenvalue weighted by atomic mass is 10.0. The summed E-state index contributed by atoms with van der Waals surface area (Å²) in [5.41, 5.74) is 2.46. The van der Waals surface area contributed by atoms with Gasteiger partial charge >= 0.3 is 0 Å². The van der Waals surface area contributed by atoms with Crippen molar-refractivity contribution in [2.45, 2.75) is 12.6 Å². The summed E-state index contributed by atoms with van der Waals surface area (Å²) >= 11 is 0. The zero-order valence-electron chi connectivity index (χ0n) is 17.8. The minimum atomic E-state index is -0.119. The van der Waals surface area contributed by atoms with E-state index in [2.05, 4.69) is 24.3 Å². The molecule has 0 saturated carbocycles. The summed E-state index contributed by atoms with van der Waals surface area (Å²) in [7, 11) is 1.70. The topological polar surface area (TPSA) is 47.7 Å². The number of nitrogens with one attached hydrogen (secondary N) is 2. The minimum Gasteiger partial charge on any atom is -0.497 e. The van der Waals surface area contributed by atoms with Gasteiger partial charge in [-0.05, 0) is 24.3 Å². The van der Waals surface area contributed by atoms with Crippen LogP contribution in [0.25, 0.3) is 0 Å². The summed E-state index contributed by atoms with van der Waals surface area (Å²) in [4.78, 5) is 18.4. The van der Waals surface area contributed by atoms with Crippen molar-refractivity contribution in [3.8, 4) is 5.75 Å². The van der Waals surface area contributed by atoms with Gasteiger partial charge in [-0.2, -0.15) is 0 Å². The molecular weight excluding hydrogens is 378 g/mol. The molecule has 6 nitrogen and oxygen atoms in total. The molecule has 2 saturated heterocycles. The fraction of sp³-hybridized carbons (Fsp3) is 0.458. The predicted molar refractivity (Wildman–Crippen MR) is 115 cm³/mol. The SMILES string of the molecule is COc1ccc(C[NH+]2CC[NH+]([C@@H](C(=O)N3CCOCC3)c3ccccc3)CC2)cc1. The van der Waals surface area contributed by atoms with Crippen molar-refractivity contribution < 1.29 is 24.1 Å². The highest BCUT2D eigenvalue weighted by atomic mass is 16.5. The summed E-state index contributed by atoms with van der Waals surface area (Å²) in [5.74, 6) is 1.15. The first kappa shape index (κ1) is 20.8. The van der Waals surface area contributed by atoms with Gasteiger partial charge in [-0.1, -0.05) is 30.3 Å². The Morgan fingerprint density at radius 1 is 1.00 bits per heavy atom. The number of methoxy groups -OCH3 is 1. The van der Waals surface area contributed by atoms with Gasteiger partial charge in [0.1, 0.15) is 38.5 Å². The van der Waals surface area contributed by atoms with Crippen molar-refractivity contribution in [1.29, 1.82) is 0 Å². The molecule has 2 aliphatic rings. The average Bonchev–Trinajstić information content (AvgIpc) is 2.82. The predicted octanol–water partition coefficient (Wildman–Crippen LogP) is -0.421. The number of rotatable bonds is 6. The molecule has 2 N–H and O–H groups in total. The van der Waals surface area contributed by atoms with E-state index in [1.54, 1.807) is 12.0 Å². The molecule has 0 spiro atoms. The van der Waals surface area contributed by atoms with E-state index < -0.39 is 0 Å². The van der Waals surface area contributed by atoms with Gasteiger partial charge in [0.15, 0.2) is 6.04 Å². The molecular formula is C24H33N3O3+2. The molecule has 30 heavy (non-hydrogen) atoms. The van der Waals surface area contributed by atoms with Crippen LogP contribution < -0.4 is 14.5 Å². The van der Waals surface area contributed by atoms with Crippen molar-refractivity contribution >= 4 is 5.91 Å². The summed E-state index contributed by atoms with van der Waals surface area (Å²) in [6.07, 6.45) is 0. The van der Waals surface area contributed by atoms with E-state index in [0.29, 0.717) is 26.3 Å². The number of benzene rings is 2. The molecule has 1 atom stereocenters. The third-order valence-corrected chi connectivity index (χ3v) is 6.32. The highest BCUT2D eigenvalue weighted by molar-refractivity contribution is 5.82. The maximum absolute atomic E-state index is 13.5. The van der Waals surface area contributed by atoms with Gasteiger partial charge < -0.3 is 24.2 Å². The third kappa shape index (κ3) is 5.01. The molecule has 0 aliphatic carbocycles. The molecule has 6 heteroatoms. The van der Waals surface area contributed by atoms with Crippen molar-refractivity contribution in [2.75, 3.05) is 59.6 Å². The van der Waals surface area contributed by atoms with Crippen LogP contribution in [0.3, 0.4) is 0 Å². The molecule has 2 aromatic rings. The summed E-state index contributed by atoms with van der Waals surface area (Å²) in [6, 6.07) is 18.6. The zero-order valence-corrected chi connectivity index (χ0v) is 17.8. The Kier molecular flexibility index (Phi) is 7.00. The number of amides is 1. The lowest BCUT2D eigenvalue weighted by molar-refractivity contribution is -1.03. The summed E-state index contributed by atoms with van der Waals surface area (Å²) in [6.45, 7) is 7.84. The van der Waals surface area contributed by atoms with Gasteiger partial charge in [-0.3, -0.25) is 4.79 Å². The van der Waals surface area contributed by atoms with E-state index >= 15 is 0 Å². The van der Waals surface area contributed by atoms with Gasteiger partial charge in [-0.25, -0.2) is 0 Å². The van der Waals surface area contributed by atoms with Crippen LogP contribution in [0.2, 0.25) is 0 Å². The van der Waals surface area contributed by atoms with E-state index in [9.17, 15) is 4.79 Å². The monoisotopic (exact) mass is 411 g/mol. The molecule has 4 rings (SSSR count). The van der Waals surface area contributed by atoms with Crippen molar-refractivity contribution in [3.63, 3.8) is 0 Å². The van der Waals surface area contributed by atoms with E-state index in [4.69, 9.17) is 9.47 Å². The molecule has 0 bridgehead atoms. The number of ether oxygens (including phenoxy) is 2. The third-order valence-electron chi connectivity index (χ3n) is 6.32. The maximum Gasteiger partial charge on any atom is 0.285 e. The Balaban J connectivity index is 1.41. The second kappa shape index (κ2) is 10.1. The number of piperazine rings is 1. The van der Waals surface area contributed by atoms with Gasteiger partial charge in [0, 0.05) is 24.2 Å². The zero-order chi connectivity index (χ0) is 20.8. The average molecular weight is 412 g/mol. The van der Waals surface area contributed by atoms with E-state index in [1.807, 2.05) is 35.2 Å². The number of nitrogens with zero attached hydrogens (tertiary/aromatic N) is 1. The van der Waals surface area contributed by atoms with Crippen LogP contribution in [0.1, 0.15) is 17.2 Å². The number of carbonyl (C=O) groups is 1. The highest BCUT2D eigenvalue weighted by Gasteiger charge is 2.38. The van der Waals surface area contributed by atoms with Crippen LogP contribution in [-0.2, 0) is 16.1 Å². The normalized spacial score (nSPS) is 23.0. The van der Waals surface area contributed by atoms with Crippen LogP contribution in [0.5, 0.6) is 5.75 Å². The lowest BCUT2D eigenvalue weighted by Crippen LogP contribution is -3.28. The van der Waals surface area contributed by atoms with Crippen LogP contribution >= 0.6 is 0 Å². The maximum atomic E-state index is 13.5. The van der Waals surface area contributed by atoms with E-state index in [1.165, 1.54) is 10.5 Å². The summed E-state index contributed by atoms with van der Waals surface area (Å²) in [5, 5.41) is 0. The Labute approximate surface area is 179 Å². The molecule has 0 unspecified atom stereocenters. The molecule has 0 radical (unpaired) electrons. The van der Waals surface area contributed by atoms with Crippen molar-refractivity contribution in [3.05, 3.63) is 65.7 Å². The quantitative estimate of drug-likeness (QED) is 0.679. The second-order valence-electron chi connectivity index (χ2n) is 8.21. The van der Waals surface area contributed by atoms with Crippen molar-refractivity contribution in [1.82, 2.24) is 4.90 Å². The van der Waals surface area contributed by atoms with Crippen LogP contribution in [0, 0.1) is 0 Å². The van der Waals surface area contributed by atoms with Gasteiger partial charge in [0.2, 0.25) is 0 Å². The van der Waals surface area contributed by atoms with Gasteiger partial charge in [0.25, 0.3) is 5.91 Å². The number of hydrogen-bond acceptors (Lipinski definition) is 3. The molecule has 2 heterocycles. The molecule has 2 aliphatic heterocycles. The van der Waals surface area contributed by atoms with Gasteiger partial charge in [0.05, 0.1) is 20.3 Å². The first-order chi connectivity index (χ1) is 14.7. The van der Waals surface area contributed by atoms with Crippen molar-refractivity contribution in [2.24, 2.45) is 0 Å². The van der Waals surface area contributed by atoms with E-state index in [-0.39, 0.29) is 11.9 Å². The Hall–Kier alpha value is -2.41. The molecule has 2 fully saturated rings. The molecule has 160 valence electrons. The minimum absolute atomic E-state index is 0.119. The standard InChI is InChI=1S/C24H31N3O3/c1-29-22-9-7-20(8-10-22)19-25-11-13-26(14-12-25)23(21-5-3-2-4-6-21)24(28)27-15-17-30-18-16-27/h2-10,23H,11-19H2,1H3/p+2/t23-/m1/s1. The highest BCUT2D eigenvalue weighted by Crippen LogP contribution is 2.14. The smallest absolute Gasteiger partial charge is 0.285 e. The fourth-order valence-corrected chi connectivity index (χ4v) is 4.59. The number of carbonyl (C=O) groups excluding carboxylic acids is 1. The van der Waals surface area contributed by atoms with Crippen LogP contribution in [-0.4, -0.2) is 70.4 Å². The first-order valence-corrected chi connectivity index (χ1v) is 11.0. The van der Waals surface area contributed by atoms with Gasteiger partial charge in [-0.15, -0.1) is 0 Å². The Morgan fingerprint density at radius 2 is 1.67 bits per heavy atom. The van der Waals surface area contributed by atoms with Crippen LogP contribution in [0.15, 0.2) is 54.6 Å². The molecule has 0 aromatic heterocycles. The van der Waals surface area contributed by atoms with E-state index in [0.717, 1.165) is 44.0 Å². The lowest BCUT2D eigenvalue weighted by Gasteiger charge is -2.37. The molecule has 2 aromatic carbocycles. The fourth-order valence-electron chi connectivity index (χ4n) is 4.59. The largest absolute Gasteiger partial charge is 0.497 e. The Bertz CT molecular complexity index is 798.